The van der Waals surface area contributed by atoms with Crippen molar-refractivity contribution in [2.75, 3.05) is 5.32 Å². The summed E-state index contributed by atoms with van der Waals surface area (Å²) in [6, 6.07) is 7.78. The predicted molar refractivity (Wildman–Crippen MR) is 70.3 cm³/mol. The minimum Gasteiger partial charge on any atom is -0.306 e. The molecular formula is C12H7ClFN3O3. The number of halogens is 2. The standard InChI is InChI=1S/C12H7ClFN3O3/c13-8-4-1-3-7(11(8)17(19)20)12(18)16-10-6-2-5-9(14)15-10/h1-6H,(H,15,16,18). The Bertz CT molecular complexity index is 693. The molecule has 0 aliphatic carbocycles. The second kappa shape index (κ2) is 5.62. The number of carbonyl (C=O) groups is 1. The third-order valence-corrected chi connectivity index (χ3v) is 2.68. The van der Waals surface area contributed by atoms with E-state index in [0.717, 1.165) is 6.07 Å². The molecular weight excluding hydrogens is 289 g/mol. The Morgan fingerprint density at radius 1 is 1.30 bits per heavy atom. The molecule has 0 atom stereocenters. The number of aromatic nitrogens is 1. The molecule has 6 nitrogen and oxygen atoms in total. The van der Waals surface area contributed by atoms with E-state index in [9.17, 15) is 19.3 Å². The van der Waals surface area contributed by atoms with Gasteiger partial charge in [0.25, 0.3) is 5.91 Å². The van der Waals surface area contributed by atoms with Gasteiger partial charge < -0.3 is 5.32 Å². The molecule has 1 amide bonds. The Morgan fingerprint density at radius 3 is 2.65 bits per heavy atom. The minimum absolute atomic E-state index is 0.0516. The number of pyridine rings is 1. The molecule has 2 rings (SSSR count). The van der Waals surface area contributed by atoms with Gasteiger partial charge in [-0.1, -0.05) is 23.7 Å². The van der Waals surface area contributed by atoms with Gasteiger partial charge in [-0.3, -0.25) is 14.9 Å². The fourth-order valence-corrected chi connectivity index (χ4v) is 1.79. The number of amides is 1. The van der Waals surface area contributed by atoms with Gasteiger partial charge in [-0.05, 0) is 24.3 Å². The van der Waals surface area contributed by atoms with Gasteiger partial charge in [0.2, 0.25) is 5.95 Å². The van der Waals surface area contributed by atoms with Crippen LogP contribution in [0.3, 0.4) is 0 Å². The number of anilines is 1. The second-order valence-corrected chi connectivity index (χ2v) is 4.10. The van der Waals surface area contributed by atoms with Crippen LogP contribution in [-0.2, 0) is 0 Å². The molecule has 0 fully saturated rings. The first kappa shape index (κ1) is 13.9. The summed E-state index contributed by atoms with van der Waals surface area (Å²) in [5.74, 6) is -1.62. The number of para-hydroxylation sites is 1. The lowest BCUT2D eigenvalue weighted by Crippen LogP contribution is -2.15. The summed E-state index contributed by atoms with van der Waals surface area (Å²) >= 11 is 5.70. The van der Waals surface area contributed by atoms with Crippen LogP contribution >= 0.6 is 11.6 Å². The van der Waals surface area contributed by atoms with E-state index in [-0.39, 0.29) is 16.4 Å². The third kappa shape index (κ3) is 2.89. The zero-order valence-corrected chi connectivity index (χ0v) is 10.6. The summed E-state index contributed by atoms with van der Waals surface area (Å²) in [4.78, 5) is 25.6. The van der Waals surface area contributed by atoms with Gasteiger partial charge in [0.1, 0.15) is 16.4 Å². The average molecular weight is 296 g/mol. The lowest BCUT2D eigenvalue weighted by molar-refractivity contribution is -0.385. The van der Waals surface area contributed by atoms with E-state index in [4.69, 9.17) is 11.6 Å². The Hall–Kier alpha value is -2.54. The van der Waals surface area contributed by atoms with Crippen LogP contribution in [0.4, 0.5) is 15.9 Å². The maximum Gasteiger partial charge on any atom is 0.300 e. The number of nitro benzene ring substituents is 1. The molecule has 0 radical (unpaired) electrons. The zero-order chi connectivity index (χ0) is 14.7. The molecule has 0 aliphatic rings. The predicted octanol–water partition coefficient (Wildman–Crippen LogP) is 3.03. The molecule has 20 heavy (non-hydrogen) atoms. The molecule has 102 valence electrons. The van der Waals surface area contributed by atoms with Crippen molar-refractivity contribution in [1.82, 2.24) is 4.98 Å². The number of hydrogen-bond donors (Lipinski definition) is 1. The molecule has 1 heterocycles. The molecule has 8 heteroatoms. The Kier molecular flexibility index (Phi) is 3.90. The molecule has 0 saturated heterocycles. The van der Waals surface area contributed by atoms with Crippen molar-refractivity contribution in [1.29, 1.82) is 0 Å². The summed E-state index contributed by atoms with van der Waals surface area (Å²) < 4.78 is 12.9. The van der Waals surface area contributed by atoms with Crippen molar-refractivity contribution < 1.29 is 14.1 Å². The van der Waals surface area contributed by atoms with Gasteiger partial charge in [-0.2, -0.15) is 4.39 Å². The number of hydrogen-bond acceptors (Lipinski definition) is 4. The third-order valence-electron chi connectivity index (χ3n) is 2.37. The van der Waals surface area contributed by atoms with Crippen LogP contribution in [0, 0.1) is 16.1 Å². The first-order chi connectivity index (χ1) is 9.49. The molecule has 2 aromatic rings. The van der Waals surface area contributed by atoms with Gasteiger partial charge in [0.15, 0.2) is 0 Å². The monoisotopic (exact) mass is 295 g/mol. The molecule has 0 saturated carbocycles. The molecule has 0 aliphatic heterocycles. The average Bonchev–Trinajstić information content (AvgIpc) is 2.37. The van der Waals surface area contributed by atoms with Crippen LogP contribution < -0.4 is 5.32 Å². The lowest BCUT2D eigenvalue weighted by atomic mass is 10.1. The molecule has 1 aromatic heterocycles. The molecule has 0 bridgehead atoms. The van der Waals surface area contributed by atoms with Crippen molar-refractivity contribution in [3.05, 3.63) is 63.0 Å². The van der Waals surface area contributed by atoms with Gasteiger partial charge >= 0.3 is 5.69 Å². The minimum atomic E-state index is -0.794. The SMILES string of the molecule is O=C(Nc1cccc(F)n1)c1cccc(Cl)c1[N+](=O)[O-]. The number of benzene rings is 1. The van der Waals surface area contributed by atoms with Crippen LogP contribution in [0.25, 0.3) is 0 Å². The van der Waals surface area contributed by atoms with Crippen molar-refractivity contribution in [2.24, 2.45) is 0 Å². The molecule has 0 spiro atoms. The first-order valence-electron chi connectivity index (χ1n) is 5.36. The van der Waals surface area contributed by atoms with Crippen molar-refractivity contribution in [3.8, 4) is 0 Å². The van der Waals surface area contributed by atoms with E-state index < -0.39 is 22.5 Å². The lowest BCUT2D eigenvalue weighted by Gasteiger charge is -2.05. The highest BCUT2D eigenvalue weighted by atomic mass is 35.5. The molecule has 1 N–H and O–H groups in total. The van der Waals surface area contributed by atoms with E-state index in [2.05, 4.69) is 10.3 Å². The van der Waals surface area contributed by atoms with E-state index in [0.29, 0.717) is 0 Å². The quantitative estimate of drug-likeness (QED) is 0.536. The Labute approximate surface area is 117 Å². The Balaban J connectivity index is 2.35. The number of nitrogens with zero attached hydrogens (tertiary/aromatic N) is 2. The summed E-state index contributed by atoms with van der Waals surface area (Å²) in [6.07, 6.45) is 0. The van der Waals surface area contributed by atoms with E-state index in [1.54, 1.807) is 0 Å². The topological polar surface area (TPSA) is 85.1 Å². The highest BCUT2D eigenvalue weighted by molar-refractivity contribution is 6.33. The summed E-state index contributed by atoms with van der Waals surface area (Å²) in [5, 5.41) is 13.0. The maximum atomic E-state index is 12.9. The van der Waals surface area contributed by atoms with Crippen LogP contribution in [0.5, 0.6) is 0 Å². The van der Waals surface area contributed by atoms with Crippen molar-refractivity contribution in [3.63, 3.8) is 0 Å². The second-order valence-electron chi connectivity index (χ2n) is 3.69. The fourth-order valence-electron chi connectivity index (χ4n) is 1.55. The van der Waals surface area contributed by atoms with Gasteiger partial charge in [-0.25, -0.2) is 4.98 Å². The van der Waals surface area contributed by atoms with Gasteiger partial charge in [-0.15, -0.1) is 0 Å². The smallest absolute Gasteiger partial charge is 0.300 e. The van der Waals surface area contributed by atoms with Crippen LogP contribution in [-0.4, -0.2) is 15.8 Å². The van der Waals surface area contributed by atoms with Gasteiger partial charge in [0.05, 0.1) is 4.92 Å². The highest BCUT2D eigenvalue weighted by Gasteiger charge is 2.23. The maximum absolute atomic E-state index is 12.9. The van der Waals surface area contributed by atoms with E-state index in [1.165, 1.54) is 30.3 Å². The highest BCUT2D eigenvalue weighted by Crippen LogP contribution is 2.28. The number of rotatable bonds is 3. The summed E-state index contributed by atoms with van der Waals surface area (Å²) in [6.45, 7) is 0. The number of nitro groups is 1. The van der Waals surface area contributed by atoms with Crippen molar-refractivity contribution in [2.45, 2.75) is 0 Å². The number of carbonyl (C=O) groups excluding carboxylic acids is 1. The van der Waals surface area contributed by atoms with Crippen LogP contribution in [0.2, 0.25) is 5.02 Å². The fraction of sp³-hybridized carbons (Fsp3) is 0. The normalized spacial score (nSPS) is 10.1. The van der Waals surface area contributed by atoms with E-state index >= 15 is 0 Å². The van der Waals surface area contributed by atoms with E-state index in [1.807, 2.05) is 0 Å². The molecule has 0 unspecified atom stereocenters. The largest absolute Gasteiger partial charge is 0.306 e. The van der Waals surface area contributed by atoms with Crippen LogP contribution in [0.1, 0.15) is 10.4 Å². The first-order valence-corrected chi connectivity index (χ1v) is 5.73. The number of nitrogens with one attached hydrogen (secondary N) is 1. The van der Waals surface area contributed by atoms with Gasteiger partial charge in [0, 0.05) is 0 Å². The summed E-state index contributed by atoms with van der Waals surface area (Å²) in [7, 11) is 0. The summed E-state index contributed by atoms with van der Waals surface area (Å²) in [5.41, 5.74) is -0.739. The Morgan fingerprint density at radius 2 is 2.00 bits per heavy atom. The molecule has 1 aromatic carbocycles. The zero-order valence-electron chi connectivity index (χ0n) is 9.84. The van der Waals surface area contributed by atoms with Crippen molar-refractivity contribution >= 4 is 29.0 Å². The van der Waals surface area contributed by atoms with Crippen LogP contribution in [0.15, 0.2) is 36.4 Å².